The summed E-state index contributed by atoms with van der Waals surface area (Å²) in [5.74, 6) is 3.44. The summed E-state index contributed by atoms with van der Waals surface area (Å²) in [6, 6.07) is 0. The average molecular weight is 428 g/mol. The molecule has 0 aliphatic heterocycles. The lowest BCUT2D eigenvalue weighted by atomic mass is 9.32. The van der Waals surface area contributed by atoms with Crippen molar-refractivity contribution in [2.75, 3.05) is 0 Å². The van der Waals surface area contributed by atoms with Gasteiger partial charge in [0.2, 0.25) is 0 Å². The van der Waals surface area contributed by atoms with Crippen LogP contribution in [0.1, 0.15) is 106 Å². The topological polar surface area (TPSA) is 46.2 Å². The van der Waals surface area contributed by atoms with Gasteiger partial charge in [0.15, 0.2) is 0 Å². The second-order valence-electron chi connectivity index (χ2n) is 14.3. The van der Waals surface area contributed by atoms with Gasteiger partial charge in [-0.05, 0) is 122 Å². The van der Waals surface area contributed by atoms with Crippen molar-refractivity contribution in [3.63, 3.8) is 0 Å². The van der Waals surface area contributed by atoms with Gasteiger partial charge in [0.05, 0.1) is 6.10 Å². The van der Waals surface area contributed by atoms with Crippen molar-refractivity contribution in [2.24, 2.45) is 57.0 Å². The van der Waals surface area contributed by atoms with Crippen molar-refractivity contribution in [1.29, 1.82) is 0 Å². The molecule has 0 bridgehead atoms. The van der Waals surface area contributed by atoms with Crippen LogP contribution in [0, 0.1) is 51.2 Å². The van der Waals surface area contributed by atoms with E-state index in [0.717, 1.165) is 18.3 Å². The molecule has 0 amide bonds. The third kappa shape index (κ3) is 2.64. The molecule has 5 fully saturated rings. The molecule has 0 spiro atoms. The highest BCUT2D eigenvalue weighted by Gasteiger charge is 2.70. The third-order valence-electron chi connectivity index (χ3n) is 13.1. The summed E-state index contributed by atoms with van der Waals surface area (Å²) in [5, 5.41) is 10.9. The van der Waals surface area contributed by atoms with Crippen LogP contribution >= 0.6 is 0 Å². The Labute approximate surface area is 191 Å². The summed E-state index contributed by atoms with van der Waals surface area (Å²) in [6.07, 6.45) is 12.4. The monoisotopic (exact) mass is 427 g/mol. The molecular formula is C29H49NO. The summed E-state index contributed by atoms with van der Waals surface area (Å²) in [5.41, 5.74) is 9.80. The molecule has 5 rings (SSSR count). The summed E-state index contributed by atoms with van der Waals surface area (Å²) < 4.78 is 0. The Hall–Kier alpha value is -0.340. The normalized spacial score (nSPS) is 57.9. The summed E-state index contributed by atoms with van der Waals surface area (Å²) in [4.78, 5) is 0. The van der Waals surface area contributed by atoms with E-state index in [4.69, 9.17) is 5.73 Å². The Balaban J connectivity index is 1.54. The molecule has 1 unspecified atom stereocenters. The molecule has 0 aromatic carbocycles. The van der Waals surface area contributed by atoms with Gasteiger partial charge in [-0.3, -0.25) is 0 Å². The Morgan fingerprint density at radius 1 is 0.806 bits per heavy atom. The maximum absolute atomic E-state index is 10.9. The lowest BCUT2D eigenvalue weighted by molar-refractivity contribution is -0.242. The Bertz CT molecular complexity index is 773. The Kier molecular flexibility index (Phi) is 4.80. The highest BCUT2D eigenvalue weighted by atomic mass is 16.3. The van der Waals surface area contributed by atoms with E-state index in [1.54, 1.807) is 0 Å². The first-order chi connectivity index (χ1) is 14.3. The van der Waals surface area contributed by atoms with E-state index in [1.165, 1.54) is 63.4 Å². The minimum Gasteiger partial charge on any atom is -0.393 e. The van der Waals surface area contributed by atoms with Crippen molar-refractivity contribution in [2.45, 2.75) is 117 Å². The van der Waals surface area contributed by atoms with Crippen LogP contribution in [-0.2, 0) is 0 Å². The first kappa shape index (κ1) is 22.5. The predicted octanol–water partition coefficient (Wildman–Crippen LogP) is 6.72. The van der Waals surface area contributed by atoms with Crippen LogP contribution in [0.15, 0.2) is 12.2 Å². The molecule has 0 radical (unpaired) electrons. The van der Waals surface area contributed by atoms with E-state index in [9.17, 15) is 5.11 Å². The van der Waals surface area contributed by atoms with Crippen LogP contribution in [0.4, 0.5) is 0 Å². The largest absolute Gasteiger partial charge is 0.393 e. The van der Waals surface area contributed by atoms with Crippen molar-refractivity contribution in [3.8, 4) is 0 Å². The van der Waals surface area contributed by atoms with Crippen molar-refractivity contribution >= 4 is 0 Å². The van der Waals surface area contributed by atoms with E-state index in [0.29, 0.717) is 34.0 Å². The Morgan fingerprint density at radius 3 is 2.19 bits per heavy atom. The molecule has 5 saturated carbocycles. The molecule has 3 N–H and O–H groups in total. The number of fused-ring (bicyclic) bond motifs is 7. The first-order valence-corrected chi connectivity index (χ1v) is 13.4. The van der Waals surface area contributed by atoms with Crippen LogP contribution < -0.4 is 5.73 Å². The van der Waals surface area contributed by atoms with E-state index >= 15 is 0 Å². The fraction of sp³-hybridized carbons (Fsp3) is 0.931. The summed E-state index contributed by atoms with van der Waals surface area (Å²) in [6.45, 7) is 19.4. The first-order valence-electron chi connectivity index (χ1n) is 13.4. The molecule has 31 heavy (non-hydrogen) atoms. The van der Waals surface area contributed by atoms with Gasteiger partial charge in [0, 0.05) is 5.54 Å². The highest BCUT2D eigenvalue weighted by molar-refractivity contribution is 5.23. The van der Waals surface area contributed by atoms with Crippen molar-refractivity contribution in [3.05, 3.63) is 12.2 Å². The smallest absolute Gasteiger partial charge is 0.0594 e. The van der Waals surface area contributed by atoms with Crippen LogP contribution in [0.25, 0.3) is 0 Å². The van der Waals surface area contributed by atoms with E-state index in [-0.39, 0.29) is 17.1 Å². The van der Waals surface area contributed by atoms with Crippen molar-refractivity contribution in [1.82, 2.24) is 0 Å². The zero-order valence-electron chi connectivity index (χ0n) is 21.3. The molecule has 0 aromatic rings. The number of nitrogens with two attached hydrogens (primary N) is 1. The maximum Gasteiger partial charge on any atom is 0.0594 e. The van der Waals surface area contributed by atoms with E-state index in [1.807, 2.05) is 0 Å². The lowest BCUT2D eigenvalue weighted by Gasteiger charge is -2.72. The minimum atomic E-state index is -0.135. The molecule has 2 nitrogen and oxygen atoms in total. The average Bonchev–Trinajstić information content (AvgIpc) is 3.04. The van der Waals surface area contributed by atoms with Gasteiger partial charge in [-0.25, -0.2) is 0 Å². The van der Waals surface area contributed by atoms with Gasteiger partial charge in [-0.1, -0.05) is 46.8 Å². The van der Waals surface area contributed by atoms with Gasteiger partial charge in [0.1, 0.15) is 0 Å². The minimum absolute atomic E-state index is 0.0432. The van der Waals surface area contributed by atoms with Crippen LogP contribution in [-0.4, -0.2) is 16.7 Å². The maximum atomic E-state index is 10.9. The fourth-order valence-electron chi connectivity index (χ4n) is 11.2. The quantitative estimate of drug-likeness (QED) is 0.456. The van der Waals surface area contributed by atoms with Crippen LogP contribution in [0.2, 0.25) is 0 Å². The number of aliphatic hydroxyl groups is 1. The standard InChI is InChI=1S/C29H49NO/c1-18(2)19-10-15-29(30)17-16-27(6)20(24(19)29)8-9-22-26(5)13-12-23(31)25(3,4)21(26)11-14-28(22,27)7/h19-24,31H,1,8-17,30H2,2-7H3/t19?,20-,21+,22-,23+,24-,26+,27-,28-,29+/m1/s1. The fourth-order valence-corrected chi connectivity index (χ4v) is 11.2. The molecule has 176 valence electrons. The van der Waals surface area contributed by atoms with Crippen molar-refractivity contribution < 1.29 is 5.11 Å². The van der Waals surface area contributed by atoms with Gasteiger partial charge in [0.25, 0.3) is 0 Å². The second-order valence-corrected chi connectivity index (χ2v) is 14.3. The summed E-state index contributed by atoms with van der Waals surface area (Å²) >= 11 is 0. The predicted molar refractivity (Wildman–Crippen MR) is 129 cm³/mol. The summed E-state index contributed by atoms with van der Waals surface area (Å²) in [7, 11) is 0. The molecular weight excluding hydrogens is 378 g/mol. The molecule has 0 heterocycles. The van der Waals surface area contributed by atoms with Gasteiger partial charge in [-0.2, -0.15) is 0 Å². The van der Waals surface area contributed by atoms with Gasteiger partial charge < -0.3 is 10.8 Å². The van der Waals surface area contributed by atoms with Crippen LogP contribution in [0.5, 0.6) is 0 Å². The number of allylic oxidation sites excluding steroid dienone is 1. The zero-order valence-corrected chi connectivity index (χ0v) is 21.3. The highest BCUT2D eigenvalue weighted by Crippen LogP contribution is 2.76. The zero-order chi connectivity index (χ0) is 22.6. The lowest BCUT2D eigenvalue weighted by Crippen LogP contribution is -2.68. The number of aliphatic hydroxyl groups excluding tert-OH is 1. The van der Waals surface area contributed by atoms with Gasteiger partial charge >= 0.3 is 0 Å². The van der Waals surface area contributed by atoms with Crippen LogP contribution in [0.3, 0.4) is 0 Å². The van der Waals surface area contributed by atoms with E-state index in [2.05, 4.69) is 48.1 Å². The molecule has 2 heteroatoms. The number of rotatable bonds is 1. The molecule has 5 aliphatic rings. The molecule has 5 aliphatic carbocycles. The number of hydrogen-bond acceptors (Lipinski definition) is 2. The molecule has 0 aromatic heterocycles. The SMILES string of the molecule is C=C(C)C1CC[C@]2(N)CC[C@]3(C)[C@H](CC[C@@H]4[C@@]5(C)CC[C@H](O)C(C)(C)[C@@H]5CC[C@]43C)[C@@H]12. The molecule has 10 atom stereocenters. The van der Waals surface area contributed by atoms with E-state index < -0.39 is 0 Å². The Morgan fingerprint density at radius 2 is 1.52 bits per heavy atom. The second kappa shape index (κ2) is 6.62. The third-order valence-corrected chi connectivity index (χ3v) is 13.1. The number of hydrogen-bond donors (Lipinski definition) is 2. The van der Waals surface area contributed by atoms with Gasteiger partial charge in [-0.15, -0.1) is 0 Å². The molecule has 0 saturated heterocycles.